The maximum Gasteiger partial charge on any atom is 0.338 e. The Labute approximate surface area is 129 Å². The van der Waals surface area contributed by atoms with Crippen molar-refractivity contribution in [2.45, 2.75) is 33.6 Å². The average Bonchev–Trinajstić information content (AvgIpc) is 2.64. The van der Waals surface area contributed by atoms with Gasteiger partial charge in [0.25, 0.3) is 0 Å². The second kappa shape index (κ2) is 6.58. The Kier molecular flexibility index (Phi) is 5.00. The van der Waals surface area contributed by atoms with Gasteiger partial charge in [-0.25, -0.2) is 4.79 Å². The van der Waals surface area contributed by atoms with Crippen LogP contribution < -0.4 is 5.32 Å². The number of nitrogens with zero attached hydrogens (tertiary/aromatic N) is 1. The van der Waals surface area contributed by atoms with Crippen LogP contribution in [0.5, 0.6) is 0 Å². The molecule has 2 heterocycles. The highest BCUT2D eigenvalue weighted by molar-refractivity contribution is 7.16. The summed E-state index contributed by atoms with van der Waals surface area (Å²) in [6.45, 7) is 8.04. The van der Waals surface area contributed by atoms with Crippen LogP contribution in [-0.2, 0) is 4.79 Å². The lowest BCUT2D eigenvalue weighted by Gasteiger charge is -2.30. The van der Waals surface area contributed by atoms with E-state index in [1.165, 1.54) is 17.8 Å². The van der Waals surface area contributed by atoms with Gasteiger partial charge >= 0.3 is 5.97 Å². The summed E-state index contributed by atoms with van der Waals surface area (Å²) in [4.78, 5) is 26.5. The minimum atomic E-state index is -0.987. The van der Waals surface area contributed by atoms with Crippen LogP contribution in [0.15, 0.2) is 0 Å². The fraction of sp³-hybridized carbons (Fsp3) is 0.600. The van der Waals surface area contributed by atoms with E-state index < -0.39 is 5.97 Å². The molecule has 2 N–H and O–H groups in total. The molecule has 5 nitrogen and oxygen atoms in total. The fourth-order valence-corrected chi connectivity index (χ4v) is 3.84. The van der Waals surface area contributed by atoms with Gasteiger partial charge in [-0.05, 0) is 44.7 Å². The van der Waals surface area contributed by atoms with E-state index in [4.69, 9.17) is 0 Å². The van der Waals surface area contributed by atoms with Crippen molar-refractivity contribution in [1.29, 1.82) is 0 Å². The van der Waals surface area contributed by atoms with Gasteiger partial charge < -0.3 is 10.4 Å². The van der Waals surface area contributed by atoms with E-state index in [-0.39, 0.29) is 11.5 Å². The molecule has 1 amide bonds. The summed E-state index contributed by atoms with van der Waals surface area (Å²) in [6, 6.07) is 0. The van der Waals surface area contributed by atoms with Crippen LogP contribution in [0.4, 0.5) is 5.00 Å². The number of nitrogens with one attached hydrogen (secondary N) is 1. The first kappa shape index (κ1) is 16.0. The molecule has 0 aromatic carbocycles. The zero-order valence-corrected chi connectivity index (χ0v) is 13.5. The maximum absolute atomic E-state index is 12.1. The SMILES string of the molecule is Cc1sc(NC(=O)CN2CCCC(C)C2)c(C(=O)O)c1C. The number of carboxylic acid groups (broad SMARTS) is 1. The third-order valence-electron chi connectivity index (χ3n) is 3.96. The number of piperidine rings is 1. The fourth-order valence-electron chi connectivity index (χ4n) is 2.77. The second-order valence-electron chi connectivity index (χ2n) is 5.82. The quantitative estimate of drug-likeness (QED) is 0.897. The molecule has 0 bridgehead atoms. The summed E-state index contributed by atoms with van der Waals surface area (Å²) >= 11 is 1.33. The average molecular weight is 310 g/mol. The van der Waals surface area contributed by atoms with Crippen molar-refractivity contribution < 1.29 is 14.7 Å². The van der Waals surface area contributed by atoms with Crippen LogP contribution in [-0.4, -0.2) is 41.5 Å². The van der Waals surface area contributed by atoms with E-state index in [9.17, 15) is 14.7 Å². The molecule has 1 aromatic heterocycles. The number of anilines is 1. The molecule has 1 aromatic rings. The van der Waals surface area contributed by atoms with Crippen LogP contribution in [0.3, 0.4) is 0 Å². The number of carbonyl (C=O) groups excluding carboxylic acids is 1. The number of hydrogen-bond acceptors (Lipinski definition) is 4. The number of aryl methyl sites for hydroxylation is 1. The second-order valence-corrected chi connectivity index (χ2v) is 7.05. The first-order valence-corrected chi connectivity index (χ1v) is 8.05. The van der Waals surface area contributed by atoms with Crippen molar-refractivity contribution in [3.63, 3.8) is 0 Å². The van der Waals surface area contributed by atoms with Crippen molar-refractivity contribution in [2.24, 2.45) is 5.92 Å². The summed E-state index contributed by atoms with van der Waals surface area (Å²) in [6.07, 6.45) is 2.33. The van der Waals surface area contributed by atoms with E-state index in [0.29, 0.717) is 17.5 Å². The minimum Gasteiger partial charge on any atom is -0.478 e. The minimum absolute atomic E-state index is 0.132. The lowest BCUT2D eigenvalue weighted by molar-refractivity contribution is -0.117. The largest absolute Gasteiger partial charge is 0.478 e. The molecule has 1 atom stereocenters. The summed E-state index contributed by atoms with van der Waals surface area (Å²) in [5.74, 6) is -0.501. The Bertz CT molecular complexity index is 553. The number of hydrogen-bond donors (Lipinski definition) is 2. The molecule has 1 unspecified atom stereocenters. The van der Waals surface area contributed by atoms with Gasteiger partial charge in [0.15, 0.2) is 0 Å². The molecule has 21 heavy (non-hydrogen) atoms. The van der Waals surface area contributed by atoms with Crippen molar-refractivity contribution in [3.05, 3.63) is 16.0 Å². The van der Waals surface area contributed by atoms with Gasteiger partial charge in [-0.2, -0.15) is 0 Å². The molecule has 1 aliphatic rings. The van der Waals surface area contributed by atoms with E-state index >= 15 is 0 Å². The molecule has 1 saturated heterocycles. The number of likely N-dealkylation sites (tertiary alicyclic amines) is 1. The molecular weight excluding hydrogens is 288 g/mol. The third kappa shape index (κ3) is 3.83. The number of amides is 1. The number of aromatic carboxylic acids is 1. The van der Waals surface area contributed by atoms with Gasteiger partial charge in [0.2, 0.25) is 5.91 Å². The van der Waals surface area contributed by atoms with Gasteiger partial charge in [-0.1, -0.05) is 6.92 Å². The highest BCUT2D eigenvalue weighted by Gasteiger charge is 2.22. The predicted molar refractivity (Wildman–Crippen MR) is 84.2 cm³/mol. The van der Waals surface area contributed by atoms with Crippen molar-refractivity contribution >= 4 is 28.2 Å². The van der Waals surface area contributed by atoms with Crippen molar-refractivity contribution in [2.75, 3.05) is 25.0 Å². The molecule has 6 heteroatoms. The monoisotopic (exact) mass is 310 g/mol. The van der Waals surface area contributed by atoms with Gasteiger partial charge in [0.05, 0.1) is 12.1 Å². The topological polar surface area (TPSA) is 69.6 Å². The number of carbonyl (C=O) groups is 2. The normalized spacial score (nSPS) is 19.5. The molecular formula is C15H22N2O3S. The molecule has 1 fully saturated rings. The Morgan fingerprint density at radius 1 is 1.43 bits per heavy atom. The Hall–Kier alpha value is -1.40. The number of rotatable bonds is 4. The first-order valence-electron chi connectivity index (χ1n) is 7.24. The Morgan fingerprint density at radius 2 is 2.14 bits per heavy atom. The van der Waals surface area contributed by atoms with E-state index in [1.54, 1.807) is 6.92 Å². The van der Waals surface area contributed by atoms with Crippen LogP contribution in [0.2, 0.25) is 0 Å². The lowest BCUT2D eigenvalue weighted by atomic mass is 10.0. The molecule has 2 rings (SSSR count). The predicted octanol–water partition coefficient (Wildman–Crippen LogP) is 2.73. The van der Waals surface area contributed by atoms with Crippen LogP contribution in [0.1, 0.15) is 40.6 Å². The van der Waals surface area contributed by atoms with Gasteiger partial charge in [-0.3, -0.25) is 9.69 Å². The summed E-state index contributed by atoms with van der Waals surface area (Å²) in [5, 5.41) is 12.5. The van der Waals surface area contributed by atoms with E-state index in [1.807, 2.05) is 6.92 Å². The van der Waals surface area contributed by atoms with Crippen LogP contribution in [0, 0.1) is 19.8 Å². The van der Waals surface area contributed by atoms with Crippen molar-refractivity contribution in [1.82, 2.24) is 4.90 Å². The number of thiophene rings is 1. The van der Waals surface area contributed by atoms with E-state index in [0.717, 1.165) is 30.0 Å². The van der Waals surface area contributed by atoms with Crippen LogP contribution in [0.25, 0.3) is 0 Å². The highest BCUT2D eigenvalue weighted by atomic mass is 32.1. The maximum atomic E-state index is 12.1. The summed E-state index contributed by atoms with van der Waals surface area (Å²) in [5.41, 5.74) is 0.951. The van der Waals surface area contributed by atoms with Gasteiger partial charge in [0, 0.05) is 11.4 Å². The Morgan fingerprint density at radius 3 is 2.76 bits per heavy atom. The zero-order chi connectivity index (χ0) is 15.6. The molecule has 116 valence electrons. The molecule has 1 aliphatic heterocycles. The molecule has 0 aliphatic carbocycles. The smallest absolute Gasteiger partial charge is 0.338 e. The first-order chi connectivity index (χ1) is 9.88. The summed E-state index contributed by atoms with van der Waals surface area (Å²) in [7, 11) is 0. The van der Waals surface area contributed by atoms with E-state index in [2.05, 4.69) is 17.1 Å². The number of carboxylic acids is 1. The third-order valence-corrected chi connectivity index (χ3v) is 5.08. The Balaban J connectivity index is 2.03. The van der Waals surface area contributed by atoms with Crippen LogP contribution >= 0.6 is 11.3 Å². The standard InChI is InChI=1S/C15H22N2O3S/c1-9-5-4-6-17(7-9)8-12(18)16-14-13(15(19)20)10(2)11(3)21-14/h9H,4-8H2,1-3H3,(H,16,18)(H,19,20). The summed E-state index contributed by atoms with van der Waals surface area (Å²) < 4.78 is 0. The van der Waals surface area contributed by atoms with Crippen molar-refractivity contribution in [3.8, 4) is 0 Å². The highest BCUT2D eigenvalue weighted by Crippen LogP contribution is 2.32. The molecule has 0 radical (unpaired) electrons. The molecule has 0 saturated carbocycles. The van der Waals surface area contributed by atoms with Gasteiger partial charge in [-0.15, -0.1) is 11.3 Å². The zero-order valence-electron chi connectivity index (χ0n) is 12.7. The van der Waals surface area contributed by atoms with Gasteiger partial charge in [0.1, 0.15) is 5.00 Å². The lowest BCUT2D eigenvalue weighted by Crippen LogP contribution is -2.39. The molecule has 0 spiro atoms.